The van der Waals surface area contributed by atoms with Gasteiger partial charge in [-0.25, -0.2) is 8.42 Å². The van der Waals surface area contributed by atoms with Crippen LogP contribution in [0.25, 0.3) is 22.5 Å². The molecular weight excluding hydrogens is 376 g/mol. The van der Waals surface area contributed by atoms with Crippen LogP contribution >= 0.6 is 11.6 Å². The molecule has 0 aliphatic carbocycles. The van der Waals surface area contributed by atoms with Crippen LogP contribution in [-0.4, -0.2) is 24.8 Å². The van der Waals surface area contributed by atoms with Gasteiger partial charge in [0.1, 0.15) is 5.69 Å². The molecular formula is C18H19ClN2O4S. The van der Waals surface area contributed by atoms with Crippen LogP contribution < -0.4 is 4.68 Å². The summed E-state index contributed by atoms with van der Waals surface area (Å²) in [6.07, 6.45) is 0. The third-order valence-electron chi connectivity index (χ3n) is 3.83. The van der Waals surface area contributed by atoms with Gasteiger partial charge in [0, 0.05) is 22.2 Å². The van der Waals surface area contributed by atoms with Crippen molar-refractivity contribution >= 4 is 22.0 Å². The maximum atomic E-state index is 9.22. The zero-order valence-electron chi connectivity index (χ0n) is 14.6. The predicted molar refractivity (Wildman–Crippen MR) is 99.2 cm³/mol. The van der Waals surface area contributed by atoms with Crippen molar-refractivity contribution in [1.29, 1.82) is 0 Å². The van der Waals surface area contributed by atoms with E-state index in [9.17, 15) is 13.0 Å². The molecule has 1 heterocycles. The van der Waals surface area contributed by atoms with Crippen molar-refractivity contribution in [1.82, 2.24) is 4.68 Å². The minimum Gasteiger partial charge on any atom is -0.726 e. The van der Waals surface area contributed by atoms with Gasteiger partial charge in [0.05, 0.1) is 14.2 Å². The molecule has 0 spiro atoms. The molecule has 0 atom stereocenters. The first-order valence-electron chi connectivity index (χ1n) is 7.61. The minimum atomic E-state index is -4.41. The number of benzene rings is 2. The Balaban J connectivity index is 0.000000352. The average Bonchev–Trinajstić information content (AvgIpc) is 2.92. The van der Waals surface area contributed by atoms with Gasteiger partial charge in [-0.05, 0) is 24.3 Å². The second-order valence-corrected chi connectivity index (χ2v) is 7.00. The Morgan fingerprint density at radius 1 is 1.04 bits per heavy atom. The summed E-state index contributed by atoms with van der Waals surface area (Å²) in [6.45, 7) is 0. The molecule has 138 valence electrons. The first-order chi connectivity index (χ1) is 12.2. The van der Waals surface area contributed by atoms with E-state index in [-0.39, 0.29) is 0 Å². The van der Waals surface area contributed by atoms with Gasteiger partial charge in [-0.15, -0.1) is 4.68 Å². The Morgan fingerprint density at radius 2 is 1.58 bits per heavy atom. The van der Waals surface area contributed by atoms with Crippen LogP contribution in [0.15, 0.2) is 60.7 Å². The van der Waals surface area contributed by atoms with Crippen LogP contribution in [0.3, 0.4) is 0 Å². The second-order valence-electron chi connectivity index (χ2n) is 5.41. The van der Waals surface area contributed by atoms with E-state index in [2.05, 4.69) is 58.0 Å². The van der Waals surface area contributed by atoms with Gasteiger partial charge in [0.15, 0.2) is 7.05 Å². The summed E-state index contributed by atoms with van der Waals surface area (Å²) in [5.41, 5.74) is 4.74. The molecule has 0 radical (unpaired) electrons. The fourth-order valence-electron chi connectivity index (χ4n) is 2.41. The predicted octanol–water partition coefficient (Wildman–Crippen LogP) is 2.93. The molecule has 8 heteroatoms. The van der Waals surface area contributed by atoms with E-state index in [0.717, 1.165) is 17.7 Å². The van der Waals surface area contributed by atoms with Crippen molar-refractivity contribution in [3.8, 4) is 22.5 Å². The van der Waals surface area contributed by atoms with Gasteiger partial charge in [0.25, 0.3) is 0 Å². The first-order valence-corrected chi connectivity index (χ1v) is 9.33. The van der Waals surface area contributed by atoms with Crippen LogP contribution in [0.2, 0.25) is 5.02 Å². The highest BCUT2D eigenvalue weighted by Crippen LogP contribution is 2.25. The zero-order chi connectivity index (χ0) is 19.3. The Bertz CT molecular complexity index is 968. The van der Waals surface area contributed by atoms with Crippen molar-refractivity contribution in [2.75, 3.05) is 7.11 Å². The van der Waals surface area contributed by atoms with Crippen LogP contribution in [0.4, 0.5) is 0 Å². The molecule has 3 rings (SSSR count). The summed E-state index contributed by atoms with van der Waals surface area (Å²) in [5, 5.41) is 0.760. The van der Waals surface area contributed by atoms with Crippen LogP contribution in [0.1, 0.15) is 0 Å². The topological polar surface area (TPSA) is 75.2 Å². The third kappa shape index (κ3) is 5.15. The highest BCUT2D eigenvalue weighted by atomic mass is 35.5. The van der Waals surface area contributed by atoms with E-state index in [4.69, 9.17) is 11.6 Å². The fourth-order valence-corrected chi connectivity index (χ4v) is 2.54. The first kappa shape index (κ1) is 20.1. The maximum Gasteiger partial charge on any atom is 0.238 e. The average molecular weight is 395 g/mol. The van der Waals surface area contributed by atoms with Gasteiger partial charge in [-0.1, -0.05) is 41.9 Å². The Morgan fingerprint density at radius 3 is 2.08 bits per heavy atom. The molecule has 2 aromatic carbocycles. The molecule has 6 nitrogen and oxygen atoms in total. The van der Waals surface area contributed by atoms with Crippen LogP contribution in [-0.2, 0) is 28.7 Å². The lowest BCUT2D eigenvalue weighted by molar-refractivity contribution is -0.740. The molecule has 0 amide bonds. The van der Waals surface area contributed by atoms with Crippen molar-refractivity contribution in [2.45, 2.75) is 0 Å². The Hall–Kier alpha value is -2.19. The monoisotopic (exact) mass is 394 g/mol. The van der Waals surface area contributed by atoms with Gasteiger partial charge in [-0.2, -0.15) is 4.68 Å². The summed E-state index contributed by atoms with van der Waals surface area (Å²) in [4.78, 5) is 0. The van der Waals surface area contributed by atoms with E-state index in [1.807, 2.05) is 30.3 Å². The quantitative estimate of drug-likeness (QED) is 0.389. The molecule has 0 aliphatic heterocycles. The number of rotatable bonds is 3. The third-order valence-corrected chi connectivity index (χ3v) is 4.49. The number of halogens is 1. The van der Waals surface area contributed by atoms with E-state index in [1.165, 1.54) is 17.0 Å². The lowest BCUT2D eigenvalue weighted by Gasteiger charge is -2.00. The normalized spacial score (nSPS) is 11.0. The van der Waals surface area contributed by atoms with Crippen molar-refractivity contribution in [3.05, 3.63) is 65.7 Å². The molecule has 0 saturated heterocycles. The standard InChI is InChI=1S/C17H16ClN2.CH4O4S/c1-19-16(13-6-4-3-5-7-13)12-17(20(19)2)14-8-10-15(18)11-9-14;1-5-6(2,3)4/h3-12H,1-2H3;1H3,(H,2,3,4)/q+1;/p-1. The van der Waals surface area contributed by atoms with Gasteiger partial charge in [0.2, 0.25) is 16.1 Å². The van der Waals surface area contributed by atoms with Gasteiger partial charge in [-0.3, -0.25) is 4.18 Å². The summed E-state index contributed by atoms with van der Waals surface area (Å²) in [5.74, 6) is 0. The van der Waals surface area contributed by atoms with Crippen molar-refractivity contribution in [2.24, 2.45) is 14.1 Å². The number of nitrogens with zero attached hydrogens (tertiary/aromatic N) is 2. The Kier molecular flexibility index (Phi) is 6.55. The molecule has 0 saturated carbocycles. The molecule has 0 N–H and O–H groups in total. The summed E-state index contributed by atoms with van der Waals surface area (Å²) >= 11 is 5.96. The van der Waals surface area contributed by atoms with Crippen LogP contribution in [0.5, 0.6) is 0 Å². The summed E-state index contributed by atoms with van der Waals surface area (Å²) in [7, 11) is 0.533. The number of hydrogen-bond acceptors (Lipinski definition) is 4. The number of hydrogen-bond donors (Lipinski definition) is 0. The van der Waals surface area contributed by atoms with E-state index < -0.39 is 10.4 Å². The maximum absolute atomic E-state index is 9.22. The van der Waals surface area contributed by atoms with Crippen LogP contribution in [0, 0.1) is 0 Å². The van der Waals surface area contributed by atoms with E-state index in [1.54, 1.807) is 0 Å². The number of aromatic nitrogens is 2. The zero-order valence-corrected chi connectivity index (χ0v) is 16.2. The fraction of sp³-hybridized carbons (Fsp3) is 0.167. The van der Waals surface area contributed by atoms with Gasteiger partial charge < -0.3 is 4.55 Å². The molecule has 1 aromatic heterocycles. The second kappa shape index (κ2) is 8.46. The molecule has 0 fully saturated rings. The van der Waals surface area contributed by atoms with Crippen molar-refractivity contribution in [3.63, 3.8) is 0 Å². The minimum absolute atomic E-state index is 0.760. The smallest absolute Gasteiger partial charge is 0.238 e. The lowest BCUT2D eigenvalue weighted by Crippen LogP contribution is -2.39. The van der Waals surface area contributed by atoms with E-state index >= 15 is 0 Å². The molecule has 3 aromatic rings. The van der Waals surface area contributed by atoms with Gasteiger partial charge >= 0.3 is 0 Å². The Labute approximate surface area is 158 Å². The molecule has 0 bridgehead atoms. The van der Waals surface area contributed by atoms with E-state index in [0.29, 0.717) is 0 Å². The summed E-state index contributed by atoms with van der Waals surface area (Å²) in [6, 6.07) is 20.6. The van der Waals surface area contributed by atoms with Crippen molar-refractivity contribution < 1.29 is 21.8 Å². The largest absolute Gasteiger partial charge is 0.726 e. The highest BCUT2D eigenvalue weighted by Gasteiger charge is 2.19. The lowest BCUT2D eigenvalue weighted by atomic mass is 10.1. The highest BCUT2D eigenvalue weighted by molar-refractivity contribution is 7.80. The SMILES string of the molecule is COS(=O)(=O)[O-].Cn1c(-c2ccc(Cl)cc2)cc(-c2ccccc2)[n+]1C. The molecule has 0 aliphatic rings. The summed E-state index contributed by atoms with van der Waals surface area (Å²) < 4.78 is 35.3. The molecule has 26 heavy (non-hydrogen) atoms. The molecule has 0 unspecified atom stereocenters.